The highest BCUT2D eigenvalue weighted by molar-refractivity contribution is 5.82. The number of anilines is 1. The third kappa shape index (κ3) is 4.17. The van der Waals surface area contributed by atoms with E-state index in [1.54, 1.807) is 0 Å². The summed E-state index contributed by atoms with van der Waals surface area (Å²) in [6.07, 6.45) is 9.53. The van der Waals surface area contributed by atoms with E-state index in [0.717, 1.165) is 73.9 Å². The molecule has 3 heterocycles. The number of fused-ring (bicyclic) bond motifs is 1. The Balaban J connectivity index is 1.32. The van der Waals surface area contributed by atoms with Gasteiger partial charge in [0.25, 0.3) is 0 Å². The van der Waals surface area contributed by atoms with Crippen LogP contribution in [0.15, 0.2) is 48.2 Å². The molecule has 5 rings (SSSR count). The van der Waals surface area contributed by atoms with Gasteiger partial charge in [0, 0.05) is 39.3 Å². The predicted octanol–water partition coefficient (Wildman–Crippen LogP) is 3.29. The third-order valence-electron chi connectivity index (χ3n) is 5.90. The maximum atomic E-state index is 4.79. The smallest absolute Gasteiger partial charge is 0.158 e. The van der Waals surface area contributed by atoms with Gasteiger partial charge in [-0.2, -0.15) is 5.10 Å². The van der Waals surface area contributed by atoms with Crippen LogP contribution in [0.25, 0.3) is 22.6 Å². The van der Waals surface area contributed by atoms with Crippen molar-refractivity contribution in [1.29, 1.82) is 0 Å². The Kier molecular flexibility index (Phi) is 5.38. The molecule has 1 aromatic carbocycles. The van der Waals surface area contributed by atoms with Crippen molar-refractivity contribution in [1.82, 2.24) is 30.4 Å². The molecule has 1 atom stereocenters. The fourth-order valence-corrected chi connectivity index (χ4v) is 4.27. The highest BCUT2D eigenvalue weighted by Crippen LogP contribution is 2.27. The monoisotopic (exact) mass is 403 g/mol. The van der Waals surface area contributed by atoms with Crippen molar-refractivity contribution in [2.45, 2.75) is 19.9 Å². The molecule has 30 heavy (non-hydrogen) atoms. The van der Waals surface area contributed by atoms with Crippen molar-refractivity contribution in [2.75, 3.05) is 38.0 Å². The van der Waals surface area contributed by atoms with Gasteiger partial charge in [0.1, 0.15) is 5.69 Å². The standard InChI is InChI=1S/C23H29N7/c1-16-3-2-4-17(11-16)13-25-21-14-26-29-22(21)23-27-19-6-5-18(12-20(19)28-23)15-30-9-7-24-8-10-30/h2-6,12,14,16,24-25H,7-11,13,15H2,1H3,(H,26,29)(H,27,28). The largest absolute Gasteiger partial charge is 0.378 e. The minimum Gasteiger partial charge on any atom is -0.378 e. The molecule has 4 N–H and O–H groups in total. The van der Waals surface area contributed by atoms with Gasteiger partial charge in [0.05, 0.1) is 22.9 Å². The van der Waals surface area contributed by atoms with Crippen LogP contribution in [0.2, 0.25) is 0 Å². The van der Waals surface area contributed by atoms with Crippen molar-refractivity contribution >= 4 is 16.7 Å². The van der Waals surface area contributed by atoms with E-state index >= 15 is 0 Å². The summed E-state index contributed by atoms with van der Waals surface area (Å²) in [4.78, 5) is 10.8. The summed E-state index contributed by atoms with van der Waals surface area (Å²) in [7, 11) is 0. The van der Waals surface area contributed by atoms with E-state index in [9.17, 15) is 0 Å². The van der Waals surface area contributed by atoms with Gasteiger partial charge in [-0.05, 0) is 30.0 Å². The number of benzene rings is 1. The quantitative estimate of drug-likeness (QED) is 0.508. The van der Waals surface area contributed by atoms with Crippen LogP contribution < -0.4 is 10.6 Å². The number of nitrogens with zero attached hydrogens (tertiary/aromatic N) is 3. The number of aromatic nitrogens is 4. The Morgan fingerprint density at radius 2 is 2.13 bits per heavy atom. The molecule has 0 amide bonds. The van der Waals surface area contributed by atoms with Gasteiger partial charge in [0.2, 0.25) is 0 Å². The lowest BCUT2D eigenvalue weighted by atomic mass is 9.96. The van der Waals surface area contributed by atoms with Gasteiger partial charge in [-0.25, -0.2) is 4.98 Å². The van der Waals surface area contributed by atoms with Gasteiger partial charge < -0.3 is 15.6 Å². The molecule has 0 radical (unpaired) electrons. The first-order valence-electron chi connectivity index (χ1n) is 10.8. The molecule has 0 saturated carbocycles. The normalized spacial score (nSPS) is 19.9. The molecule has 156 valence electrons. The topological polar surface area (TPSA) is 84.7 Å². The van der Waals surface area contributed by atoms with Gasteiger partial charge >= 0.3 is 0 Å². The van der Waals surface area contributed by atoms with Gasteiger partial charge in [0.15, 0.2) is 5.82 Å². The molecule has 0 bridgehead atoms. The van der Waals surface area contributed by atoms with Crippen LogP contribution in [-0.4, -0.2) is 57.8 Å². The fourth-order valence-electron chi connectivity index (χ4n) is 4.27. The molecular formula is C23H29N7. The second-order valence-corrected chi connectivity index (χ2v) is 8.37. The van der Waals surface area contributed by atoms with Crippen molar-refractivity contribution < 1.29 is 0 Å². The summed E-state index contributed by atoms with van der Waals surface area (Å²) < 4.78 is 0. The molecule has 1 unspecified atom stereocenters. The average Bonchev–Trinajstić information content (AvgIpc) is 3.39. The molecule has 0 spiro atoms. The zero-order chi connectivity index (χ0) is 20.3. The Bertz CT molecular complexity index is 1070. The summed E-state index contributed by atoms with van der Waals surface area (Å²) in [5.74, 6) is 1.41. The molecule has 1 saturated heterocycles. The summed E-state index contributed by atoms with van der Waals surface area (Å²) in [6.45, 7) is 8.37. The first kappa shape index (κ1) is 19.1. The number of H-pyrrole nitrogens is 2. The van der Waals surface area contributed by atoms with Gasteiger partial charge in [-0.15, -0.1) is 0 Å². The third-order valence-corrected chi connectivity index (χ3v) is 5.90. The van der Waals surface area contributed by atoms with Crippen LogP contribution in [0.5, 0.6) is 0 Å². The van der Waals surface area contributed by atoms with Crippen molar-refractivity contribution in [2.24, 2.45) is 5.92 Å². The Morgan fingerprint density at radius 1 is 1.23 bits per heavy atom. The van der Waals surface area contributed by atoms with Crippen LogP contribution in [0.1, 0.15) is 18.9 Å². The molecule has 1 fully saturated rings. The first-order valence-corrected chi connectivity index (χ1v) is 10.8. The molecule has 3 aromatic rings. The second-order valence-electron chi connectivity index (χ2n) is 8.37. The molecule has 2 aliphatic rings. The minimum absolute atomic E-state index is 0.599. The summed E-state index contributed by atoms with van der Waals surface area (Å²) in [6, 6.07) is 6.51. The predicted molar refractivity (Wildman–Crippen MR) is 121 cm³/mol. The number of aromatic amines is 2. The lowest BCUT2D eigenvalue weighted by Gasteiger charge is -2.27. The van der Waals surface area contributed by atoms with E-state index in [2.05, 4.69) is 74.1 Å². The van der Waals surface area contributed by atoms with Crippen LogP contribution >= 0.6 is 0 Å². The number of imidazole rings is 1. The zero-order valence-corrected chi connectivity index (χ0v) is 17.4. The number of nitrogens with one attached hydrogen (secondary N) is 4. The van der Waals surface area contributed by atoms with E-state index in [4.69, 9.17) is 4.98 Å². The summed E-state index contributed by atoms with van der Waals surface area (Å²) in [5.41, 5.74) is 6.62. The molecule has 7 heteroatoms. The molecule has 1 aliphatic carbocycles. The van der Waals surface area contributed by atoms with Crippen molar-refractivity contribution in [3.05, 3.63) is 53.8 Å². The van der Waals surface area contributed by atoms with E-state index in [1.165, 1.54) is 11.1 Å². The molecule has 1 aliphatic heterocycles. The molecular weight excluding hydrogens is 374 g/mol. The Labute approximate surface area is 176 Å². The Hall–Kier alpha value is -2.90. The zero-order valence-electron chi connectivity index (χ0n) is 17.4. The number of hydrogen-bond donors (Lipinski definition) is 4. The van der Waals surface area contributed by atoms with Crippen molar-refractivity contribution in [3.63, 3.8) is 0 Å². The van der Waals surface area contributed by atoms with Gasteiger partial charge in [-0.1, -0.05) is 36.8 Å². The SMILES string of the molecule is CC1C=CC=C(CNc2cn[nH]c2-c2nc3ccc(CN4CCNCC4)cc3[nH]2)C1. The minimum atomic E-state index is 0.599. The van der Waals surface area contributed by atoms with Crippen molar-refractivity contribution in [3.8, 4) is 11.5 Å². The van der Waals surface area contributed by atoms with Gasteiger partial charge in [-0.3, -0.25) is 10.00 Å². The highest BCUT2D eigenvalue weighted by Gasteiger charge is 2.15. The second kappa shape index (κ2) is 8.45. The molecule has 7 nitrogen and oxygen atoms in total. The lowest BCUT2D eigenvalue weighted by Crippen LogP contribution is -2.42. The average molecular weight is 404 g/mol. The van der Waals surface area contributed by atoms with E-state index < -0.39 is 0 Å². The van der Waals surface area contributed by atoms with Crippen LogP contribution in [-0.2, 0) is 6.54 Å². The highest BCUT2D eigenvalue weighted by atomic mass is 15.2. The van der Waals surface area contributed by atoms with E-state index in [1.807, 2.05) is 6.20 Å². The maximum absolute atomic E-state index is 4.79. The van der Waals surface area contributed by atoms with E-state index in [0.29, 0.717) is 5.92 Å². The Morgan fingerprint density at radius 3 is 3.00 bits per heavy atom. The number of allylic oxidation sites excluding steroid dienone is 3. The number of rotatable bonds is 6. The fraction of sp³-hybridized carbons (Fsp3) is 0.391. The summed E-state index contributed by atoms with van der Waals surface area (Å²) >= 11 is 0. The molecule has 2 aromatic heterocycles. The number of hydrogen-bond acceptors (Lipinski definition) is 5. The maximum Gasteiger partial charge on any atom is 0.158 e. The first-order chi connectivity index (χ1) is 14.7. The van der Waals surface area contributed by atoms with Crippen LogP contribution in [0.4, 0.5) is 5.69 Å². The van der Waals surface area contributed by atoms with Crippen LogP contribution in [0, 0.1) is 5.92 Å². The summed E-state index contributed by atoms with van der Waals surface area (Å²) in [5, 5.41) is 14.3. The van der Waals surface area contributed by atoms with E-state index in [-0.39, 0.29) is 0 Å². The lowest BCUT2D eigenvalue weighted by molar-refractivity contribution is 0.233. The number of piperazine rings is 1. The van der Waals surface area contributed by atoms with Crippen LogP contribution in [0.3, 0.4) is 0 Å².